The highest BCUT2D eigenvalue weighted by molar-refractivity contribution is 6.29. The van der Waals surface area contributed by atoms with Gasteiger partial charge in [0.25, 0.3) is 0 Å². The van der Waals surface area contributed by atoms with Crippen LogP contribution in [0.25, 0.3) is 0 Å². The Labute approximate surface area is 103 Å². The molecular weight excluding hydrogens is 231 g/mol. The Balaban J connectivity index is 0.00000196. The van der Waals surface area contributed by atoms with Gasteiger partial charge in [0.2, 0.25) is 0 Å². The van der Waals surface area contributed by atoms with Crippen LogP contribution in [0, 0.1) is 5.92 Å². The molecule has 1 rings (SSSR count). The Morgan fingerprint density at radius 2 is 2.00 bits per heavy atom. The predicted octanol–water partition coefficient (Wildman–Crippen LogP) is 3.59. The molecule has 15 heavy (non-hydrogen) atoms. The van der Waals surface area contributed by atoms with Gasteiger partial charge in [0.15, 0.2) is 0 Å². The van der Waals surface area contributed by atoms with Crippen LogP contribution in [0.5, 0.6) is 0 Å². The van der Waals surface area contributed by atoms with Gasteiger partial charge in [-0.05, 0) is 30.4 Å². The molecule has 0 aromatic carbocycles. The first-order valence-electron chi connectivity index (χ1n) is 4.96. The third kappa shape index (κ3) is 5.36. The minimum Gasteiger partial charge on any atom is -0.324 e. The van der Waals surface area contributed by atoms with Crippen molar-refractivity contribution in [1.29, 1.82) is 0 Å². The second-order valence-electron chi connectivity index (χ2n) is 3.99. The molecular formula is C11H18Cl2N2. The summed E-state index contributed by atoms with van der Waals surface area (Å²) in [6.45, 7) is 4.40. The molecule has 0 saturated carbocycles. The fourth-order valence-corrected chi connectivity index (χ4v) is 1.40. The number of hydrogen-bond donors (Lipinski definition) is 1. The highest BCUT2D eigenvalue weighted by Crippen LogP contribution is 2.18. The minimum atomic E-state index is 0. The van der Waals surface area contributed by atoms with E-state index in [9.17, 15) is 0 Å². The van der Waals surface area contributed by atoms with Crippen molar-refractivity contribution in [2.45, 2.75) is 32.7 Å². The molecule has 86 valence electrons. The van der Waals surface area contributed by atoms with Gasteiger partial charge in [0.1, 0.15) is 5.15 Å². The zero-order chi connectivity index (χ0) is 10.6. The summed E-state index contributed by atoms with van der Waals surface area (Å²) < 4.78 is 0. The van der Waals surface area contributed by atoms with Gasteiger partial charge in [-0.25, -0.2) is 4.98 Å². The summed E-state index contributed by atoms with van der Waals surface area (Å²) >= 11 is 5.69. The van der Waals surface area contributed by atoms with Gasteiger partial charge in [-0.2, -0.15) is 0 Å². The molecule has 1 aromatic heterocycles. The number of nitrogens with zero attached hydrogens (tertiary/aromatic N) is 1. The molecule has 0 radical (unpaired) electrons. The van der Waals surface area contributed by atoms with Crippen LogP contribution in [-0.4, -0.2) is 4.98 Å². The molecule has 0 unspecified atom stereocenters. The van der Waals surface area contributed by atoms with Gasteiger partial charge in [0.05, 0.1) is 0 Å². The highest BCUT2D eigenvalue weighted by atomic mass is 35.5. The van der Waals surface area contributed by atoms with Gasteiger partial charge in [-0.1, -0.05) is 31.5 Å². The molecule has 0 fully saturated rings. The zero-order valence-electron chi connectivity index (χ0n) is 9.11. The molecule has 1 heterocycles. The number of aromatic nitrogens is 1. The molecule has 0 amide bonds. The summed E-state index contributed by atoms with van der Waals surface area (Å²) in [6, 6.07) is 3.81. The molecule has 1 aromatic rings. The van der Waals surface area contributed by atoms with Crippen LogP contribution in [0.1, 0.15) is 38.3 Å². The van der Waals surface area contributed by atoms with E-state index in [-0.39, 0.29) is 18.4 Å². The van der Waals surface area contributed by atoms with E-state index in [1.165, 1.54) is 0 Å². The lowest BCUT2D eigenvalue weighted by Crippen LogP contribution is -2.11. The molecule has 0 aliphatic heterocycles. The fraction of sp³-hybridized carbons (Fsp3) is 0.545. The lowest BCUT2D eigenvalue weighted by molar-refractivity contribution is 0.506. The Morgan fingerprint density at radius 3 is 2.47 bits per heavy atom. The van der Waals surface area contributed by atoms with E-state index in [1.807, 2.05) is 6.07 Å². The Kier molecular flexibility index (Phi) is 6.90. The van der Waals surface area contributed by atoms with E-state index >= 15 is 0 Å². The van der Waals surface area contributed by atoms with E-state index < -0.39 is 0 Å². The Bertz CT molecular complexity index is 272. The number of halogens is 2. The van der Waals surface area contributed by atoms with Crippen LogP contribution in [0.15, 0.2) is 18.3 Å². The Morgan fingerprint density at radius 1 is 1.33 bits per heavy atom. The molecule has 1 atom stereocenters. The molecule has 0 saturated heterocycles. The van der Waals surface area contributed by atoms with Crippen molar-refractivity contribution in [3.8, 4) is 0 Å². The van der Waals surface area contributed by atoms with Gasteiger partial charge in [0, 0.05) is 12.2 Å². The summed E-state index contributed by atoms with van der Waals surface area (Å²) in [7, 11) is 0. The van der Waals surface area contributed by atoms with Gasteiger partial charge >= 0.3 is 0 Å². The Hall–Kier alpha value is -0.310. The molecule has 4 heteroatoms. The summed E-state index contributed by atoms with van der Waals surface area (Å²) in [5.74, 6) is 0.696. The molecule has 0 bridgehead atoms. The largest absolute Gasteiger partial charge is 0.324 e. The van der Waals surface area contributed by atoms with E-state index in [1.54, 1.807) is 12.3 Å². The van der Waals surface area contributed by atoms with Crippen molar-refractivity contribution in [2.24, 2.45) is 11.7 Å². The zero-order valence-corrected chi connectivity index (χ0v) is 10.7. The minimum absolute atomic E-state index is 0. The van der Waals surface area contributed by atoms with E-state index in [0.29, 0.717) is 11.1 Å². The van der Waals surface area contributed by atoms with Crippen molar-refractivity contribution >= 4 is 24.0 Å². The second kappa shape index (κ2) is 7.04. The predicted molar refractivity (Wildman–Crippen MR) is 67.5 cm³/mol. The van der Waals surface area contributed by atoms with Gasteiger partial charge < -0.3 is 5.73 Å². The van der Waals surface area contributed by atoms with E-state index in [2.05, 4.69) is 18.8 Å². The quantitative estimate of drug-likeness (QED) is 0.828. The maximum absolute atomic E-state index is 6.01. The van der Waals surface area contributed by atoms with Gasteiger partial charge in [-0.15, -0.1) is 12.4 Å². The molecule has 0 aliphatic rings. The van der Waals surface area contributed by atoms with E-state index in [0.717, 1.165) is 18.4 Å². The monoisotopic (exact) mass is 248 g/mol. The summed E-state index contributed by atoms with van der Waals surface area (Å²) in [5.41, 5.74) is 7.08. The van der Waals surface area contributed by atoms with Crippen molar-refractivity contribution < 1.29 is 0 Å². The number of nitrogens with two attached hydrogens (primary N) is 1. The normalized spacial score (nSPS) is 12.3. The lowest BCUT2D eigenvalue weighted by Gasteiger charge is -2.12. The maximum Gasteiger partial charge on any atom is 0.129 e. The lowest BCUT2D eigenvalue weighted by atomic mass is 10.00. The average Bonchev–Trinajstić information content (AvgIpc) is 2.15. The standard InChI is InChI=1S/C11H17ClN2.ClH/c1-8(2)3-5-10(13)9-4-6-11(12)14-7-9;/h4,6-8,10H,3,5,13H2,1-2H3;1H/t10-;/m1./s1. The fourth-order valence-electron chi connectivity index (χ4n) is 1.29. The van der Waals surface area contributed by atoms with Crippen LogP contribution in [0.3, 0.4) is 0 Å². The summed E-state index contributed by atoms with van der Waals surface area (Å²) in [5, 5.41) is 0.518. The smallest absolute Gasteiger partial charge is 0.129 e. The van der Waals surface area contributed by atoms with Crippen LogP contribution in [0.2, 0.25) is 5.15 Å². The molecule has 2 nitrogen and oxygen atoms in total. The van der Waals surface area contributed by atoms with Crippen LogP contribution >= 0.6 is 24.0 Å². The summed E-state index contributed by atoms with van der Waals surface area (Å²) in [4.78, 5) is 4.01. The first-order chi connectivity index (χ1) is 6.59. The number of pyridine rings is 1. The first kappa shape index (κ1) is 14.7. The van der Waals surface area contributed by atoms with Crippen molar-refractivity contribution in [3.05, 3.63) is 29.0 Å². The third-order valence-corrected chi connectivity index (χ3v) is 2.46. The first-order valence-corrected chi connectivity index (χ1v) is 5.34. The van der Waals surface area contributed by atoms with E-state index in [4.69, 9.17) is 17.3 Å². The molecule has 0 aliphatic carbocycles. The van der Waals surface area contributed by atoms with Gasteiger partial charge in [-0.3, -0.25) is 0 Å². The average molecular weight is 249 g/mol. The van der Waals surface area contributed by atoms with Crippen molar-refractivity contribution in [2.75, 3.05) is 0 Å². The maximum atomic E-state index is 6.01. The highest BCUT2D eigenvalue weighted by Gasteiger charge is 2.07. The van der Waals surface area contributed by atoms with Crippen molar-refractivity contribution in [1.82, 2.24) is 4.98 Å². The van der Waals surface area contributed by atoms with Crippen molar-refractivity contribution in [3.63, 3.8) is 0 Å². The second-order valence-corrected chi connectivity index (χ2v) is 4.38. The SMILES string of the molecule is CC(C)CC[C@@H](N)c1ccc(Cl)nc1.Cl. The molecule has 0 spiro atoms. The topological polar surface area (TPSA) is 38.9 Å². The summed E-state index contributed by atoms with van der Waals surface area (Å²) in [6.07, 6.45) is 3.90. The van der Waals surface area contributed by atoms with Crippen LogP contribution in [0.4, 0.5) is 0 Å². The van der Waals surface area contributed by atoms with Crippen LogP contribution in [-0.2, 0) is 0 Å². The number of hydrogen-bond acceptors (Lipinski definition) is 2. The molecule has 2 N–H and O–H groups in total. The van der Waals surface area contributed by atoms with Crippen LogP contribution < -0.4 is 5.73 Å². The number of rotatable bonds is 4. The third-order valence-electron chi connectivity index (χ3n) is 2.23.